The Bertz CT molecular complexity index is 421. The quantitative estimate of drug-likeness (QED) is 0.838. The average molecular weight is 254 g/mol. The van der Waals surface area contributed by atoms with Crippen molar-refractivity contribution in [1.29, 1.82) is 0 Å². The molecule has 0 fully saturated rings. The Kier molecular flexibility index (Phi) is 5.09. The van der Waals surface area contributed by atoms with E-state index in [-0.39, 0.29) is 23.6 Å². The summed E-state index contributed by atoms with van der Waals surface area (Å²) in [5.74, 6) is -0.443. The predicted molar refractivity (Wildman–Crippen MR) is 68.1 cm³/mol. The monoisotopic (exact) mass is 254 g/mol. The molecule has 0 saturated heterocycles. The summed E-state index contributed by atoms with van der Waals surface area (Å²) < 4.78 is 18.0. The molecule has 0 radical (unpaired) electrons. The lowest BCUT2D eigenvalue weighted by Crippen LogP contribution is -2.40. The smallest absolute Gasteiger partial charge is 0.251 e. The van der Waals surface area contributed by atoms with Crippen LogP contribution in [0, 0.1) is 11.7 Å². The van der Waals surface area contributed by atoms with Gasteiger partial charge in [0, 0.05) is 18.2 Å². The fraction of sp³-hybridized carbons (Fsp3) is 0.462. The Labute approximate surface area is 106 Å². The Hall–Kier alpha value is -1.62. The van der Waals surface area contributed by atoms with Gasteiger partial charge in [-0.3, -0.25) is 4.79 Å². The first-order chi connectivity index (χ1) is 8.45. The molecule has 1 aromatic rings. The van der Waals surface area contributed by atoms with Crippen LogP contribution in [-0.4, -0.2) is 25.6 Å². The van der Waals surface area contributed by atoms with Crippen LogP contribution >= 0.6 is 0 Å². The molecule has 100 valence electrons. The second-order valence-electron chi connectivity index (χ2n) is 4.47. The minimum atomic E-state index is -0.493. The van der Waals surface area contributed by atoms with E-state index < -0.39 is 5.82 Å². The molecule has 1 rings (SSSR count). The first-order valence-corrected chi connectivity index (χ1v) is 5.83. The SMILES string of the molecule is COc1cc(C(=O)NCC(N)C(C)C)ccc1F. The first kappa shape index (κ1) is 14.4. The molecule has 18 heavy (non-hydrogen) atoms. The molecular weight excluding hydrogens is 235 g/mol. The van der Waals surface area contributed by atoms with Crippen molar-refractivity contribution in [2.75, 3.05) is 13.7 Å². The lowest BCUT2D eigenvalue weighted by atomic mass is 10.1. The molecule has 0 aliphatic heterocycles. The molecule has 1 amide bonds. The maximum atomic E-state index is 13.2. The number of nitrogens with one attached hydrogen (secondary N) is 1. The molecule has 0 heterocycles. The third-order valence-electron chi connectivity index (χ3n) is 2.77. The number of carbonyl (C=O) groups is 1. The average Bonchev–Trinajstić information content (AvgIpc) is 2.35. The van der Waals surface area contributed by atoms with Gasteiger partial charge in [-0.1, -0.05) is 13.8 Å². The van der Waals surface area contributed by atoms with E-state index in [9.17, 15) is 9.18 Å². The zero-order valence-electron chi connectivity index (χ0n) is 10.9. The van der Waals surface area contributed by atoms with E-state index in [4.69, 9.17) is 10.5 Å². The highest BCUT2D eigenvalue weighted by Gasteiger charge is 2.12. The third kappa shape index (κ3) is 3.70. The molecule has 0 aliphatic carbocycles. The minimum absolute atomic E-state index is 0.0517. The number of hydrogen-bond donors (Lipinski definition) is 2. The number of hydrogen-bond acceptors (Lipinski definition) is 3. The van der Waals surface area contributed by atoms with Crippen LogP contribution < -0.4 is 15.8 Å². The fourth-order valence-corrected chi connectivity index (χ4v) is 1.35. The number of amides is 1. The van der Waals surface area contributed by atoms with Crippen molar-refractivity contribution in [2.24, 2.45) is 11.7 Å². The van der Waals surface area contributed by atoms with Crippen molar-refractivity contribution in [3.05, 3.63) is 29.6 Å². The van der Waals surface area contributed by atoms with Crippen LogP contribution in [0.2, 0.25) is 0 Å². The maximum Gasteiger partial charge on any atom is 0.251 e. The van der Waals surface area contributed by atoms with Gasteiger partial charge < -0.3 is 15.8 Å². The Morgan fingerprint density at radius 1 is 1.50 bits per heavy atom. The maximum absolute atomic E-state index is 13.2. The number of halogens is 1. The van der Waals surface area contributed by atoms with Crippen LogP contribution in [0.4, 0.5) is 4.39 Å². The summed E-state index contributed by atoms with van der Waals surface area (Å²) in [5, 5.41) is 2.71. The zero-order valence-corrected chi connectivity index (χ0v) is 10.9. The summed E-state index contributed by atoms with van der Waals surface area (Å²) in [4.78, 5) is 11.8. The zero-order chi connectivity index (χ0) is 13.7. The Morgan fingerprint density at radius 2 is 2.17 bits per heavy atom. The number of benzene rings is 1. The lowest BCUT2D eigenvalue weighted by Gasteiger charge is -2.16. The molecule has 4 nitrogen and oxygen atoms in total. The summed E-state index contributed by atoms with van der Waals surface area (Å²) in [5.41, 5.74) is 6.17. The molecule has 0 aliphatic rings. The van der Waals surface area contributed by atoms with Gasteiger partial charge in [0.25, 0.3) is 5.91 Å². The molecular formula is C13H19FN2O2. The Morgan fingerprint density at radius 3 is 2.72 bits per heavy atom. The van der Waals surface area contributed by atoms with E-state index >= 15 is 0 Å². The van der Waals surface area contributed by atoms with E-state index in [0.717, 1.165) is 0 Å². The summed E-state index contributed by atoms with van der Waals surface area (Å²) in [6.07, 6.45) is 0. The van der Waals surface area contributed by atoms with E-state index in [1.807, 2.05) is 13.8 Å². The van der Waals surface area contributed by atoms with Crippen LogP contribution in [-0.2, 0) is 0 Å². The second-order valence-corrected chi connectivity index (χ2v) is 4.47. The number of nitrogens with two attached hydrogens (primary N) is 1. The van der Waals surface area contributed by atoms with Gasteiger partial charge in [0.1, 0.15) is 0 Å². The molecule has 0 saturated carbocycles. The minimum Gasteiger partial charge on any atom is -0.494 e. The molecule has 0 aromatic heterocycles. The second kappa shape index (κ2) is 6.35. The van der Waals surface area contributed by atoms with Crippen molar-refractivity contribution in [1.82, 2.24) is 5.32 Å². The first-order valence-electron chi connectivity index (χ1n) is 5.83. The normalized spacial score (nSPS) is 12.3. The van der Waals surface area contributed by atoms with Crippen LogP contribution in [0.5, 0.6) is 5.75 Å². The standard InChI is InChI=1S/C13H19FN2O2/c1-8(2)11(15)7-16-13(17)9-4-5-10(14)12(6-9)18-3/h4-6,8,11H,7,15H2,1-3H3,(H,16,17). The topological polar surface area (TPSA) is 64.3 Å². The fourth-order valence-electron chi connectivity index (χ4n) is 1.35. The van der Waals surface area contributed by atoms with Crippen molar-refractivity contribution in [3.8, 4) is 5.75 Å². The summed E-state index contributed by atoms with van der Waals surface area (Å²) in [7, 11) is 1.36. The number of methoxy groups -OCH3 is 1. The van der Waals surface area contributed by atoms with Crippen molar-refractivity contribution in [2.45, 2.75) is 19.9 Å². The van der Waals surface area contributed by atoms with E-state index in [0.29, 0.717) is 12.1 Å². The molecule has 1 unspecified atom stereocenters. The number of carbonyl (C=O) groups excluding carboxylic acids is 1. The van der Waals surface area contributed by atoms with Gasteiger partial charge in [0.05, 0.1) is 7.11 Å². The van der Waals surface area contributed by atoms with Crippen LogP contribution in [0.25, 0.3) is 0 Å². The van der Waals surface area contributed by atoms with Crippen LogP contribution in [0.1, 0.15) is 24.2 Å². The summed E-state index contributed by atoms with van der Waals surface area (Å²) in [6, 6.07) is 3.88. The van der Waals surface area contributed by atoms with Gasteiger partial charge in [0.15, 0.2) is 11.6 Å². The lowest BCUT2D eigenvalue weighted by molar-refractivity contribution is 0.0949. The van der Waals surface area contributed by atoms with Gasteiger partial charge in [-0.15, -0.1) is 0 Å². The number of rotatable bonds is 5. The summed E-state index contributed by atoms with van der Waals surface area (Å²) >= 11 is 0. The van der Waals surface area contributed by atoms with E-state index in [1.54, 1.807) is 0 Å². The van der Waals surface area contributed by atoms with Crippen LogP contribution in [0.3, 0.4) is 0 Å². The highest BCUT2D eigenvalue weighted by Crippen LogP contribution is 2.18. The van der Waals surface area contributed by atoms with Gasteiger partial charge in [0.2, 0.25) is 0 Å². The van der Waals surface area contributed by atoms with Gasteiger partial charge in [-0.25, -0.2) is 4.39 Å². The molecule has 1 atom stereocenters. The van der Waals surface area contributed by atoms with Gasteiger partial charge >= 0.3 is 0 Å². The van der Waals surface area contributed by atoms with Crippen LogP contribution in [0.15, 0.2) is 18.2 Å². The largest absolute Gasteiger partial charge is 0.494 e. The van der Waals surface area contributed by atoms with Gasteiger partial charge in [-0.05, 0) is 24.1 Å². The predicted octanol–water partition coefficient (Wildman–Crippen LogP) is 1.55. The molecule has 1 aromatic carbocycles. The molecule has 0 spiro atoms. The summed E-state index contributed by atoms with van der Waals surface area (Å²) in [6.45, 7) is 4.35. The molecule has 0 bridgehead atoms. The van der Waals surface area contributed by atoms with Gasteiger partial charge in [-0.2, -0.15) is 0 Å². The molecule has 5 heteroatoms. The molecule has 3 N–H and O–H groups in total. The van der Waals surface area contributed by atoms with Crippen molar-refractivity contribution < 1.29 is 13.9 Å². The third-order valence-corrected chi connectivity index (χ3v) is 2.77. The number of ether oxygens (including phenoxy) is 1. The Balaban J connectivity index is 2.67. The van der Waals surface area contributed by atoms with E-state index in [2.05, 4.69) is 5.32 Å². The highest BCUT2D eigenvalue weighted by atomic mass is 19.1. The highest BCUT2D eigenvalue weighted by molar-refractivity contribution is 5.94. The van der Waals surface area contributed by atoms with E-state index in [1.165, 1.54) is 25.3 Å². The van der Waals surface area contributed by atoms with Crippen molar-refractivity contribution >= 4 is 5.91 Å². The van der Waals surface area contributed by atoms with Crippen molar-refractivity contribution in [3.63, 3.8) is 0 Å².